The lowest BCUT2D eigenvalue weighted by Gasteiger charge is -2.03. The van der Waals surface area contributed by atoms with Gasteiger partial charge in [0, 0.05) is 12.2 Å². The average Bonchev–Trinajstić information content (AvgIpc) is 2.61. The lowest BCUT2D eigenvalue weighted by Crippen LogP contribution is -1.90. The summed E-state index contributed by atoms with van der Waals surface area (Å²) in [4.78, 5) is 0. The van der Waals surface area contributed by atoms with Crippen LogP contribution in [0.5, 0.6) is 0 Å². The maximum absolute atomic E-state index is 3.86. The predicted molar refractivity (Wildman–Crippen MR) is 56.9 cm³/mol. The van der Waals surface area contributed by atoms with Crippen LogP contribution in [0.1, 0.15) is 24.0 Å². The molecular weight excluding hydrogens is 158 g/mol. The molecule has 0 saturated carbocycles. The molecule has 13 heavy (non-hydrogen) atoms. The van der Waals surface area contributed by atoms with E-state index in [4.69, 9.17) is 0 Å². The van der Waals surface area contributed by atoms with E-state index >= 15 is 0 Å². The summed E-state index contributed by atoms with van der Waals surface area (Å²) in [5.41, 5.74) is 4.28. The number of aryl methyl sites for hydroxylation is 1. The Morgan fingerprint density at radius 2 is 2.31 bits per heavy atom. The number of fused-ring (bicyclic) bond motifs is 1. The highest BCUT2D eigenvalue weighted by atomic mass is 14.9. The maximum Gasteiger partial charge on any atom is 0.0373 e. The maximum atomic E-state index is 3.86. The minimum Gasteiger partial charge on any atom is -0.384 e. The minimum atomic E-state index is 1.04. The quantitative estimate of drug-likeness (QED) is 0.743. The summed E-state index contributed by atoms with van der Waals surface area (Å²) in [6.07, 6.45) is 4.60. The Morgan fingerprint density at radius 3 is 3.15 bits per heavy atom. The van der Waals surface area contributed by atoms with Crippen LogP contribution in [0.15, 0.2) is 18.2 Å². The molecule has 0 unspecified atom stereocenters. The van der Waals surface area contributed by atoms with E-state index in [0.717, 1.165) is 13.0 Å². The summed E-state index contributed by atoms with van der Waals surface area (Å²) in [7, 11) is 0. The van der Waals surface area contributed by atoms with Crippen molar-refractivity contribution < 1.29 is 0 Å². The zero-order chi connectivity index (χ0) is 9.10. The Morgan fingerprint density at radius 1 is 1.38 bits per heavy atom. The second-order valence-corrected chi connectivity index (χ2v) is 3.63. The van der Waals surface area contributed by atoms with Gasteiger partial charge in [0.15, 0.2) is 0 Å². The Bertz CT molecular complexity index is 291. The normalized spacial score (nSPS) is 13.9. The van der Waals surface area contributed by atoms with Crippen molar-refractivity contribution in [3.63, 3.8) is 0 Å². The molecule has 1 N–H and O–H groups in total. The van der Waals surface area contributed by atoms with Crippen molar-refractivity contribution in [1.29, 1.82) is 0 Å². The molecule has 1 nitrogen and oxygen atoms in total. The highest BCUT2D eigenvalue weighted by molar-refractivity contribution is 5.56. The van der Waals surface area contributed by atoms with E-state index in [-0.39, 0.29) is 0 Å². The Balaban J connectivity index is 2.12. The fourth-order valence-electron chi connectivity index (χ4n) is 1.84. The Kier molecular flexibility index (Phi) is 2.53. The standard InChI is InChI=1S/C12H16N/c1-2-3-4-10-5-6-12-11(9-10)7-8-13-12/h5-6,9,13H,1-4,7-8H2. The van der Waals surface area contributed by atoms with E-state index in [1.54, 1.807) is 0 Å². The van der Waals surface area contributed by atoms with Crippen molar-refractivity contribution in [2.75, 3.05) is 11.9 Å². The number of benzene rings is 1. The highest BCUT2D eigenvalue weighted by Crippen LogP contribution is 2.23. The van der Waals surface area contributed by atoms with Crippen LogP contribution in [0, 0.1) is 6.92 Å². The molecule has 0 aliphatic carbocycles. The third-order valence-corrected chi connectivity index (χ3v) is 2.59. The first kappa shape index (κ1) is 8.61. The molecule has 0 aromatic heterocycles. The Labute approximate surface area is 80.2 Å². The molecule has 1 aliphatic rings. The van der Waals surface area contributed by atoms with E-state index < -0.39 is 0 Å². The number of hydrogen-bond donors (Lipinski definition) is 1. The molecule has 1 heteroatoms. The first-order chi connectivity index (χ1) is 6.40. The van der Waals surface area contributed by atoms with Gasteiger partial charge in [0.2, 0.25) is 0 Å². The highest BCUT2D eigenvalue weighted by Gasteiger charge is 2.09. The van der Waals surface area contributed by atoms with Crippen molar-refractivity contribution in [2.45, 2.75) is 25.7 Å². The van der Waals surface area contributed by atoms with Gasteiger partial charge in [-0.15, -0.1) is 0 Å². The van der Waals surface area contributed by atoms with Crippen LogP contribution in [-0.2, 0) is 12.8 Å². The lowest BCUT2D eigenvalue weighted by molar-refractivity contribution is 0.840. The van der Waals surface area contributed by atoms with Crippen molar-refractivity contribution in [1.82, 2.24) is 0 Å². The predicted octanol–water partition coefficient (Wildman–Crippen LogP) is 2.81. The van der Waals surface area contributed by atoms with Gasteiger partial charge in [-0.1, -0.05) is 25.5 Å². The molecule has 69 valence electrons. The summed E-state index contributed by atoms with van der Waals surface area (Å²) < 4.78 is 0. The summed E-state index contributed by atoms with van der Waals surface area (Å²) in [6.45, 7) is 4.97. The Hall–Kier alpha value is -0.980. The molecule has 1 aromatic carbocycles. The average molecular weight is 174 g/mol. The molecule has 0 atom stereocenters. The van der Waals surface area contributed by atoms with Gasteiger partial charge in [-0.05, 0) is 36.5 Å². The second-order valence-electron chi connectivity index (χ2n) is 3.63. The number of anilines is 1. The van der Waals surface area contributed by atoms with E-state index in [2.05, 4.69) is 30.4 Å². The van der Waals surface area contributed by atoms with E-state index in [9.17, 15) is 0 Å². The zero-order valence-corrected chi connectivity index (χ0v) is 7.97. The first-order valence-corrected chi connectivity index (χ1v) is 5.05. The first-order valence-electron chi connectivity index (χ1n) is 5.05. The molecule has 0 spiro atoms. The smallest absolute Gasteiger partial charge is 0.0373 e. The summed E-state index contributed by atoms with van der Waals surface area (Å²) in [6, 6.07) is 6.78. The number of hydrogen-bond acceptors (Lipinski definition) is 1. The third-order valence-electron chi connectivity index (χ3n) is 2.59. The molecule has 0 bridgehead atoms. The number of rotatable bonds is 3. The van der Waals surface area contributed by atoms with Gasteiger partial charge in [0.05, 0.1) is 0 Å². The van der Waals surface area contributed by atoms with Crippen molar-refractivity contribution in [3.8, 4) is 0 Å². The topological polar surface area (TPSA) is 12.0 Å². The number of unbranched alkanes of at least 4 members (excludes halogenated alkanes) is 1. The fraction of sp³-hybridized carbons (Fsp3) is 0.417. The molecule has 1 heterocycles. The van der Waals surface area contributed by atoms with Crippen LogP contribution >= 0.6 is 0 Å². The number of nitrogens with one attached hydrogen (secondary N) is 1. The second kappa shape index (κ2) is 3.82. The molecule has 1 aliphatic heterocycles. The van der Waals surface area contributed by atoms with E-state index in [1.807, 2.05) is 0 Å². The van der Waals surface area contributed by atoms with Gasteiger partial charge in [0.1, 0.15) is 0 Å². The largest absolute Gasteiger partial charge is 0.384 e. The van der Waals surface area contributed by atoms with Crippen LogP contribution in [0.25, 0.3) is 0 Å². The van der Waals surface area contributed by atoms with Crippen LogP contribution in [0.4, 0.5) is 5.69 Å². The monoisotopic (exact) mass is 174 g/mol. The molecular formula is C12H16N. The molecule has 0 amide bonds. The summed E-state index contributed by atoms with van der Waals surface area (Å²) in [5.74, 6) is 0. The molecule has 1 radical (unpaired) electrons. The van der Waals surface area contributed by atoms with E-state index in [1.165, 1.54) is 36.1 Å². The zero-order valence-electron chi connectivity index (χ0n) is 7.97. The van der Waals surface area contributed by atoms with Gasteiger partial charge >= 0.3 is 0 Å². The van der Waals surface area contributed by atoms with Gasteiger partial charge in [0.25, 0.3) is 0 Å². The van der Waals surface area contributed by atoms with Gasteiger partial charge in [-0.2, -0.15) is 0 Å². The van der Waals surface area contributed by atoms with Crippen molar-refractivity contribution in [2.24, 2.45) is 0 Å². The molecule has 0 fully saturated rings. The van der Waals surface area contributed by atoms with E-state index in [0.29, 0.717) is 0 Å². The van der Waals surface area contributed by atoms with Crippen LogP contribution < -0.4 is 5.32 Å². The SMILES string of the molecule is [CH2]CCCc1ccc2c(c1)CCN2. The molecule has 2 rings (SSSR count). The van der Waals surface area contributed by atoms with Crippen LogP contribution in [-0.4, -0.2) is 6.54 Å². The minimum absolute atomic E-state index is 1.04. The van der Waals surface area contributed by atoms with Crippen LogP contribution in [0.2, 0.25) is 0 Å². The fourth-order valence-corrected chi connectivity index (χ4v) is 1.84. The van der Waals surface area contributed by atoms with Gasteiger partial charge in [-0.3, -0.25) is 0 Å². The molecule has 1 aromatic rings. The third kappa shape index (κ3) is 1.85. The lowest BCUT2D eigenvalue weighted by atomic mass is 10.0. The van der Waals surface area contributed by atoms with Crippen molar-refractivity contribution >= 4 is 5.69 Å². The molecule has 0 saturated heterocycles. The van der Waals surface area contributed by atoms with Crippen LogP contribution in [0.3, 0.4) is 0 Å². The summed E-state index contributed by atoms with van der Waals surface area (Å²) >= 11 is 0. The van der Waals surface area contributed by atoms with Gasteiger partial charge in [-0.25, -0.2) is 0 Å². The summed E-state index contributed by atoms with van der Waals surface area (Å²) in [5, 5.41) is 3.37. The van der Waals surface area contributed by atoms with Crippen molar-refractivity contribution in [3.05, 3.63) is 36.2 Å². The van der Waals surface area contributed by atoms with Gasteiger partial charge < -0.3 is 5.32 Å².